The number of hydrazine groups is 1. The Kier molecular flexibility index (Phi) is 2.74. The molecule has 0 aliphatic rings. The Bertz CT molecular complexity index is 343. The van der Waals surface area contributed by atoms with E-state index in [4.69, 9.17) is 11.6 Å². The Morgan fingerprint density at radius 1 is 1.38 bits per heavy atom. The quantitative estimate of drug-likeness (QED) is 0.404. The van der Waals surface area contributed by atoms with Crippen molar-refractivity contribution in [2.45, 2.75) is 0 Å². The van der Waals surface area contributed by atoms with Gasteiger partial charge in [-0.05, 0) is 24.4 Å². The van der Waals surface area contributed by atoms with E-state index in [0.717, 1.165) is 17.1 Å². The minimum Gasteiger partial charge on any atom is -0.375 e. The summed E-state index contributed by atoms with van der Waals surface area (Å²) in [5.41, 5.74) is 5.09. The molecule has 1 aromatic rings. The summed E-state index contributed by atoms with van der Waals surface area (Å²) >= 11 is 4.51. The van der Waals surface area contributed by atoms with Gasteiger partial charge in [0.2, 0.25) is 0 Å². The van der Waals surface area contributed by atoms with Gasteiger partial charge in [0.1, 0.15) is 5.82 Å². The van der Waals surface area contributed by atoms with Gasteiger partial charge in [0.05, 0.1) is 5.69 Å². The highest BCUT2D eigenvalue weighted by molar-refractivity contribution is 7.80. The number of anilines is 1. The molecule has 0 fully saturated rings. The molecule has 0 atom stereocenters. The SMILES string of the molecule is NC(=S)N(N)c1ccc(F)cc1F. The van der Waals surface area contributed by atoms with Gasteiger partial charge in [-0.3, -0.25) is 5.01 Å². The zero-order valence-electron chi connectivity index (χ0n) is 6.50. The second-order valence-electron chi connectivity index (χ2n) is 2.30. The van der Waals surface area contributed by atoms with Crippen molar-refractivity contribution in [2.24, 2.45) is 11.6 Å². The number of thiocarbonyl (C=S) groups is 1. The second-order valence-corrected chi connectivity index (χ2v) is 2.72. The Morgan fingerprint density at radius 2 is 2.00 bits per heavy atom. The van der Waals surface area contributed by atoms with Crippen LogP contribution in [0.5, 0.6) is 0 Å². The normalized spacial score (nSPS) is 9.77. The monoisotopic (exact) mass is 203 g/mol. The fourth-order valence-corrected chi connectivity index (χ4v) is 0.894. The van der Waals surface area contributed by atoms with E-state index in [2.05, 4.69) is 12.2 Å². The van der Waals surface area contributed by atoms with Crippen LogP contribution in [0.4, 0.5) is 14.5 Å². The molecule has 13 heavy (non-hydrogen) atoms. The van der Waals surface area contributed by atoms with E-state index in [1.165, 1.54) is 0 Å². The van der Waals surface area contributed by atoms with Crippen LogP contribution in [-0.4, -0.2) is 5.11 Å². The highest BCUT2D eigenvalue weighted by Crippen LogP contribution is 2.17. The molecule has 0 aliphatic heterocycles. The van der Waals surface area contributed by atoms with Crippen molar-refractivity contribution in [1.29, 1.82) is 0 Å². The smallest absolute Gasteiger partial charge is 0.185 e. The molecule has 0 aromatic heterocycles. The number of nitrogens with two attached hydrogens (primary N) is 2. The third kappa shape index (κ3) is 2.10. The Hall–Kier alpha value is -1.27. The van der Waals surface area contributed by atoms with E-state index in [9.17, 15) is 8.78 Å². The molecule has 1 rings (SSSR count). The van der Waals surface area contributed by atoms with E-state index in [1.807, 2.05) is 0 Å². The summed E-state index contributed by atoms with van der Waals surface area (Å²) in [7, 11) is 0. The van der Waals surface area contributed by atoms with Crippen LogP contribution in [0, 0.1) is 11.6 Å². The van der Waals surface area contributed by atoms with Gasteiger partial charge in [-0.15, -0.1) is 0 Å². The van der Waals surface area contributed by atoms with E-state index in [-0.39, 0.29) is 10.8 Å². The Balaban J connectivity index is 3.08. The lowest BCUT2D eigenvalue weighted by atomic mass is 10.3. The summed E-state index contributed by atoms with van der Waals surface area (Å²) in [6.07, 6.45) is 0. The van der Waals surface area contributed by atoms with Crippen LogP contribution < -0.4 is 16.6 Å². The lowest BCUT2D eigenvalue weighted by molar-refractivity contribution is 0.583. The van der Waals surface area contributed by atoms with Gasteiger partial charge >= 0.3 is 0 Å². The van der Waals surface area contributed by atoms with Gasteiger partial charge in [-0.25, -0.2) is 14.6 Å². The van der Waals surface area contributed by atoms with Crippen LogP contribution in [0.1, 0.15) is 0 Å². The molecule has 4 N–H and O–H groups in total. The van der Waals surface area contributed by atoms with Gasteiger partial charge in [-0.2, -0.15) is 0 Å². The second kappa shape index (κ2) is 3.63. The van der Waals surface area contributed by atoms with Gasteiger partial charge in [0, 0.05) is 6.07 Å². The van der Waals surface area contributed by atoms with Gasteiger partial charge in [0.15, 0.2) is 10.9 Å². The van der Waals surface area contributed by atoms with Crippen molar-refractivity contribution >= 4 is 23.0 Å². The van der Waals surface area contributed by atoms with Crippen LogP contribution >= 0.6 is 12.2 Å². The topological polar surface area (TPSA) is 55.3 Å². The average molecular weight is 203 g/mol. The van der Waals surface area contributed by atoms with Crippen LogP contribution in [0.2, 0.25) is 0 Å². The summed E-state index contributed by atoms with van der Waals surface area (Å²) in [5, 5.41) is 0.579. The molecule has 0 saturated heterocycles. The summed E-state index contributed by atoms with van der Waals surface area (Å²) < 4.78 is 25.4. The molecule has 6 heteroatoms. The Labute approximate surface area is 78.9 Å². The maximum Gasteiger partial charge on any atom is 0.185 e. The highest BCUT2D eigenvalue weighted by Gasteiger charge is 2.10. The standard InChI is InChI=1S/C7H7F2N3S/c8-4-1-2-6(5(9)3-4)12(11)7(10)13/h1-3H,11H2,(H2,10,13). The van der Waals surface area contributed by atoms with E-state index in [0.29, 0.717) is 6.07 Å². The molecule has 0 radical (unpaired) electrons. The molecule has 0 aliphatic carbocycles. The van der Waals surface area contributed by atoms with Crippen LogP contribution in [0.25, 0.3) is 0 Å². The van der Waals surface area contributed by atoms with Crippen LogP contribution in [-0.2, 0) is 0 Å². The van der Waals surface area contributed by atoms with Crippen LogP contribution in [0.15, 0.2) is 18.2 Å². The number of rotatable bonds is 1. The maximum atomic E-state index is 13.0. The minimum absolute atomic E-state index is 0.0612. The van der Waals surface area contributed by atoms with Crippen molar-refractivity contribution < 1.29 is 8.78 Å². The number of nitrogens with zero attached hydrogens (tertiary/aromatic N) is 1. The summed E-state index contributed by atoms with van der Waals surface area (Å²) in [6, 6.07) is 2.92. The van der Waals surface area contributed by atoms with E-state index >= 15 is 0 Å². The predicted octanol–water partition coefficient (Wildman–Crippen LogP) is 0.888. The molecular weight excluding hydrogens is 196 g/mol. The zero-order chi connectivity index (χ0) is 10.0. The third-order valence-corrected chi connectivity index (χ3v) is 1.60. The predicted molar refractivity (Wildman–Crippen MR) is 49.8 cm³/mol. The molecule has 1 aromatic carbocycles. The fourth-order valence-electron chi connectivity index (χ4n) is 0.795. The molecule has 0 amide bonds. The fraction of sp³-hybridized carbons (Fsp3) is 0. The van der Waals surface area contributed by atoms with Crippen molar-refractivity contribution in [3.63, 3.8) is 0 Å². The summed E-state index contributed by atoms with van der Waals surface area (Å²) in [5.74, 6) is 3.80. The van der Waals surface area contributed by atoms with Gasteiger partial charge in [-0.1, -0.05) is 0 Å². The zero-order valence-corrected chi connectivity index (χ0v) is 7.31. The minimum atomic E-state index is -0.810. The third-order valence-electron chi connectivity index (χ3n) is 1.41. The first kappa shape index (κ1) is 9.82. The van der Waals surface area contributed by atoms with Crippen molar-refractivity contribution in [3.05, 3.63) is 29.8 Å². The first-order chi connectivity index (χ1) is 6.02. The lowest BCUT2D eigenvalue weighted by Crippen LogP contribution is -2.41. The first-order valence-electron chi connectivity index (χ1n) is 3.31. The van der Waals surface area contributed by atoms with Crippen LogP contribution in [0.3, 0.4) is 0 Å². The van der Waals surface area contributed by atoms with Crippen molar-refractivity contribution in [2.75, 3.05) is 5.01 Å². The summed E-state index contributed by atoms with van der Waals surface area (Å²) in [4.78, 5) is 0. The number of hydrogen-bond donors (Lipinski definition) is 2. The van der Waals surface area contributed by atoms with E-state index < -0.39 is 11.6 Å². The molecule has 0 heterocycles. The lowest BCUT2D eigenvalue weighted by Gasteiger charge is -2.16. The largest absolute Gasteiger partial charge is 0.375 e. The number of hydrogen-bond acceptors (Lipinski definition) is 2. The molecule has 0 spiro atoms. The average Bonchev–Trinajstić information content (AvgIpc) is 2.03. The van der Waals surface area contributed by atoms with Gasteiger partial charge in [0.25, 0.3) is 0 Å². The number of halogens is 2. The Morgan fingerprint density at radius 3 is 2.46 bits per heavy atom. The number of benzene rings is 1. The van der Waals surface area contributed by atoms with Crippen molar-refractivity contribution in [3.8, 4) is 0 Å². The molecule has 0 unspecified atom stereocenters. The molecule has 70 valence electrons. The molecule has 3 nitrogen and oxygen atoms in total. The molecule has 0 saturated carbocycles. The van der Waals surface area contributed by atoms with Gasteiger partial charge < -0.3 is 5.73 Å². The summed E-state index contributed by atoms with van der Waals surface area (Å²) in [6.45, 7) is 0. The van der Waals surface area contributed by atoms with E-state index in [1.54, 1.807) is 0 Å². The maximum absolute atomic E-state index is 13.0. The highest BCUT2D eigenvalue weighted by atomic mass is 32.1. The molecular formula is C7H7F2N3S. The molecule has 0 bridgehead atoms. The first-order valence-corrected chi connectivity index (χ1v) is 3.72. The van der Waals surface area contributed by atoms with Crippen molar-refractivity contribution in [1.82, 2.24) is 0 Å².